The molecule has 0 amide bonds. The first-order chi connectivity index (χ1) is 13.2. The molecule has 0 unspecified atom stereocenters. The van der Waals surface area contributed by atoms with E-state index in [1.165, 1.54) is 4.68 Å². The zero-order chi connectivity index (χ0) is 18.8. The van der Waals surface area contributed by atoms with Crippen LogP contribution in [0.4, 0.5) is 5.82 Å². The van der Waals surface area contributed by atoms with Crippen LogP contribution in [0.2, 0.25) is 0 Å². The van der Waals surface area contributed by atoms with Crippen LogP contribution in [0.1, 0.15) is 0 Å². The number of aromatic nitrogens is 6. The fourth-order valence-corrected chi connectivity index (χ4v) is 2.52. The zero-order valence-corrected chi connectivity index (χ0v) is 14.5. The van der Waals surface area contributed by atoms with Crippen molar-refractivity contribution in [1.82, 2.24) is 30.1 Å². The Hall–Kier alpha value is -3.95. The molecule has 0 aliphatic heterocycles. The minimum Gasteiger partial charge on any atom is -0.493 e. The second kappa shape index (κ2) is 6.75. The molecule has 27 heavy (non-hydrogen) atoms. The first-order valence-electron chi connectivity index (χ1n) is 7.89. The molecule has 4 rings (SSSR count). The van der Waals surface area contributed by atoms with Crippen LogP contribution in [-0.2, 0) is 0 Å². The molecular formula is C17H15N7O3. The molecule has 0 spiro atoms. The summed E-state index contributed by atoms with van der Waals surface area (Å²) >= 11 is 0. The monoisotopic (exact) mass is 365 g/mol. The Labute approximate surface area is 153 Å². The minimum absolute atomic E-state index is 0.165. The molecule has 3 aromatic heterocycles. The molecule has 0 bridgehead atoms. The Morgan fingerprint density at radius 1 is 1.11 bits per heavy atom. The predicted molar refractivity (Wildman–Crippen MR) is 95.4 cm³/mol. The van der Waals surface area contributed by atoms with Crippen molar-refractivity contribution in [2.45, 2.75) is 0 Å². The molecule has 1 aromatic carbocycles. The van der Waals surface area contributed by atoms with Gasteiger partial charge in [0.2, 0.25) is 5.82 Å². The van der Waals surface area contributed by atoms with Gasteiger partial charge in [-0.05, 0) is 24.3 Å². The maximum absolute atomic E-state index is 6.20. The molecule has 0 fully saturated rings. The van der Waals surface area contributed by atoms with Crippen LogP contribution in [0, 0.1) is 0 Å². The number of nitrogen functional groups attached to an aromatic ring is 1. The van der Waals surface area contributed by atoms with Crippen molar-refractivity contribution < 1.29 is 14.0 Å². The third-order valence-corrected chi connectivity index (χ3v) is 3.87. The van der Waals surface area contributed by atoms with E-state index in [1.54, 1.807) is 50.9 Å². The molecule has 0 saturated carbocycles. The van der Waals surface area contributed by atoms with E-state index in [0.29, 0.717) is 23.0 Å². The lowest BCUT2D eigenvalue weighted by Crippen LogP contribution is -2.03. The first-order valence-corrected chi connectivity index (χ1v) is 7.89. The van der Waals surface area contributed by atoms with E-state index in [-0.39, 0.29) is 17.4 Å². The second-order valence-corrected chi connectivity index (χ2v) is 5.44. The molecule has 10 nitrogen and oxygen atoms in total. The molecule has 3 heterocycles. The van der Waals surface area contributed by atoms with Gasteiger partial charge in [-0.2, -0.15) is 9.67 Å². The van der Waals surface area contributed by atoms with Crippen molar-refractivity contribution in [2.24, 2.45) is 0 Å². The van der Waals surface area contributed by atoms with E-state index in [9.17, 15) is 0 Å². The van der Waals surface area contributed by atoms with Crippen LogP contribution in [0.25, 0.3) is 28.7 Å². The molecule has 4 aromatic rings. The third-order valence-electron chi connectivity index (χ3n) is 3.87. The van der Waals surface area contributed by atoms with Gasteiger partial charge >= 0.3 is 0 Å². The van der Waals surface area contributed by atoms with Crippen LogP contribution in [0.3, 0.4) is 0 Å². The maximum atomic E-state index is 6.20. The summed E-state index contributed by atoms with van der Waals surface area (Å²) in [6, 6.07) is 8.88. The first kappa shape index (κ1) is 16.5. The highest BCUT2D eigenvalue weighted by Crippen LogP contribution is 2.31. The van der Waals surface area contributed by atoms with Crippen LogP contribution in [-0.4, -0.2) is 44.3 Å². The summed E-state index contributed by atoms with van der Waals surface area (Å²) in [5.41, 5.74) is 7.86. The largest absolute Gasteiger partial charge is 0.493 e. The van der Waals surface area contributed by atoms with Gasteiger partial charge in [0.05, 0.1) is 19.9 Å². The molecular weight excluding hydrogens is 350 g/mol. The van der Waals surface area contributed by atoms with Gasteiger partial charge in [0, 0.05) is 24.0 Å². The number of hydrogen-bond donors (Lipinski definition) is 1. The fraction of sp³-hybridized carbons (Fsp3) is 0.118. The fourth-order valence-electron chi connectivity index (χ4n) is 2.52. The highest BCUT2D eigenvalue weighted by molar-refractivity contribution is 5.66. The van der Waals surface area contributed by atoms with Crippen molar-refractivity contribution in [2.75, 3.05) is 20.0 Å². The Bertz CT molecular complexity index is 1080. The van der Waals surface area contributed by atoms with Crippen molar-refractivity contribution in [3.8, 4) is 40.2 Å². The summed E-state index contributed by atoms with van der Waals surface area (Å²) in [5.74, 6) is 1.95. The number of benzene rings is 1. The number of pyridine rings is 1. The van der Waals surface area contributed by atoms with E-state index in [2.05, 4.69) is 25.4 Å². The van der Waals surface area contributed by atoms with E-state index >= 15 is 0 Å². The maximum Gasteiger partial charge on any atom is 0.282 e. The van der Waals surface area contributed by atoms with Gasteiger partial charge in [0.25, 0.3) is 5.89 Å². The minimum atomic E-state index is 0.165. The standard InChI is InChI=1S/C17H15N7O3/c1-25-12-6-5-11(8-13(12)26-2)24-15(18)14(21-23-24)17-20-16(22-27-17)10-4-3-7-19-9-10/h3-9H,18H2,1-2H3. The molecule has 0 aliphatic rings. The summed E-state index contributed by atoms with van der Waals surface area (Å²) in [7, 11) is 3.12. The summed E-state index contributed by atoms with van der Waals surface area (Å²) in [6.45, 7) is 0. The number of anilines is 1. The third kappa shape index (κ3) is 2.92. The van der Waals surface area contributed by atoms with Crippen LogP contribution in [0.15, 0.2) is 47.2 Å². The SMILES string of the molecule is COc1ccc(-n2nnc(-c3nc(-c4cccnc4)no3)c2N)cc1OC. The van der Waals surface area contributed by atoms with Crippen molar-refractivity contribution in [3.63, 3.8) is 0 Å². The lowest BCUT2D eigenvalue weighted by molar-refractivity contribution is 0.354. The molecule has 0 atom stereocenters. The average molecular weight is 365 g/mol. The number of rotatable bonds is 5. The van der Waals surface area contributed by atoms with Gasteiger partial charge < -0.3 is 19.7 Å². The molecule has 10 heteroatoms. The van der Waals surface area contributed by atoms with Crippen LogP contribution in [0.5, 0.6) is 11.5 Å². The van der Waals surface area contributed by atoms with E-state index < -0.39 is 0 Å². The summed E-state index contributed by atoms with van der Waals surface area (Å²) < 4.78 is 17.3. The zero-order valence-electron chi connectivity index (χ0n) is 14.5. The Morgan fingerprint density at radius 2 is 1.96 bits per heavy atom. The molecule has 136 valence electrons. The topological polar surface area (TPSA) is 127 Å². The van der Waals surface area contributed by atoms with Crippen LogP contribution >= 0.6 is 0 Å². The van der Waals surface area contributed by atoms with Crippen LogP contribution < -0.4 is 15.2 Å². The summed E-state index contributed by atoms with van der Waals surface area (Å²) in [5, 5.41) is 12.1. The Morgan fingerprint density at radius 3 is 2.70 bits per heavy atom. The smallest absolute Gasteiger partial charge is 0.282 e. The summed E-state index contributed by atoms with van der Waals surface area (Å²) in [4.78, 5) is 8.36. The number of ether oxygens (including phenoxy) is 2. The van der Waals surface area contributed by atoms with Gasteiger partial charge in [0.1, 0.15) is 0 Å². The molecule has 2 N–H and O–H groups in total. The van der Waals surface area contributed by atoms with Crippen molar-refractivity contribution in [1.29, 1.82) is 0 Å². The lowest BCUT2D eigenvalue weighted by atomic mass is 10.2. The van der Waals surface area contributed by atoms with Gasteiger partial charge in [-0.3, -0.25) is 4.98 Å². The Balaban J connectivity index is 1.70. The molecule has 0 radical (unpaired) electrons. The predicted octanol–water partition coefficient (Wildman–Crippen LogP) is 1.98. The normalized spacial score (nSPS) is 10.7. The lowest BCUT2D eigenvalue weighted by Gasteiger charge is -2.09. The highest BCUT2D eigenvalue weighted by Gasteiger charge is 2.20. The van der Waals surface area contributed by atoms with E-state index in [4.69, 9.17) is 19.7 Å². The van der Waals surface area contributed by atoms with Gasteiger partial charge in [-0.25, -0.2) is 0 Å². The van der Waals surface area contributed by atoms with E-state index in [1.807, 2.05) is 6.07 Å². The number of nitrogens with zero attached hydrogens (tertiary/aromatic N) is 6. The second-order valence-electron chi connectivity index (χ2n) is 5.44. The Kier molecular flexibility index (Phi) is 4.13. The average Bonchev–Trinajstić information content (AvgIpc) is 3.35. The van der Waals surface area contributed by atoms with Gasteiger partial charge in [-0.1, -0.05) is 10.4 Å². The van der Waals surface area contributed by atoms with Gasteiger partial charge in [-0.15, -0.1) is 5.10 Å². The van der Waals surface area contributed by atoms with Crippen molar-refractivity contribution >= 4 is 5.82 Å². The quantitative estimate of drug-likeness (QED) is 0.564. The van der Waals surface area contributed by atoms with E-state index in [0.717, 1.165) is 5.56 Å². The number of methoxy groups -OCH3 is 2. The number of hydrogen-bond acceptors (Lipinski definition) is 9. The molecule has 0 saturated heterocycles. The number of nitrogens with two attached hydrogens (primary N) is 1. The molecule has 0 aliphatic carbocycles. The highest BCUT2D eigenvalue weighted by atomic mass is 16.5. The van der Waals surface area contributed by atoms with Gasteiger partial charge in [0.15, 0.2) is 23.0 Å². The van der Waals surface area contributed by atoms with Crippen molar-refractivity contribution in [3.05, 3.63) is 42.7 Å². The summed E-state index contributed by atoms with van der Waals surface area (Å²) in [6.07, 6.45) is 3.30.